The Labute approximate surface area is 180 Å². The third kappa shape index (κ3) is 3.75. The summed E-state index contributed by atoms with van der Waals surface area (Å²) < 4.78 is 0. The number of fused-ring (bicyclic) bond motifs is 5. The molecule has 3 fully saturated rings. The number of rotatable bonds is 4. The van der Waals surface area contributed by atoms with E-state index in [1.54, 1.807) is 0 Å². The minimum absolute atomic E-state index is 0.210. The van der Waals surface area contributed by atoms with E-state index in [9.17, 15) is 4.79 Å². The van der Waals surface area contributed by atoms with E-state index in [0.29, 0.717) is 23.9 Å². The van der Waals surface area contributed by atoms with Crippen molar-refractivity contribution in [1.82, 2.24) is 14.8 Å². The molecule has 1 aromatic carbocycles. The molecule has 4 heteroatoms. The van der Waals surface area contributed by atoms with Crippen molar-refractivity contribution in [3.05, 3.63) is 42.1 Å². The molecule has 0 aliphatic carbocycles. The molecule has 0 spiro atoms. The molecular weight excluding hydrogens is 370 g/mol. The molecule has 2 bridgehead atoms. The van der Waals surface area contributed by atoms with E-state index in [2.05, 4.69) is 28.6 Å². The zero-order chi connectivity index (χ0) is 20.7. The van der Waals surface area contributed by atoms with Gasteiger partial charge in [-0.2, -0.15) is 0 Å². The number of carbonyl (C=O) groups is 1. The normalized spacial score (nSPS) is 29.2. The molecule has 4 heterocycles. The van der Waals surface area contributed by atoms with Gasteiger partial charge in [0, 0.05) is 42.3 Å². The highest BCUT2D eigenvalue weighted by molar-refractivity contribution is 5.98. The van der Waals surface area contributed by atoms with Gasteiger partial charge in [0.05, 0.1) is 5.52 Å². The summed E-state index contributed by atoms with van der Waals surface area (Å²) in [6, 6.07) is 11.3. The lowest BCUT2D eigenvalue weighted by molar-refractivity contribution is -0.0681. The quantitative estimate of drug-likeness (QED) is 0.719. The van der Waals surface area contributed by atoms with Gasteiger partial charge in [-0.15, -0.1) is 0 Å². The third-order valence-corrected chi connectivity index (χ3v) is 7.80. The van der Waals surface area contributed by atoms with E-state index in [1.165, 1.54) is 45.1 Å². The predicted octanol–water partition coefficient (Wildman–Crippen LogP) is 4.99. The van der Waals surface area contributed by atoms with Gasteiger partial charge in [-0.05, 0) is 80.7 Å². The molecule has 4 nitrogen and oxygen atoms in total. The molecule has 0 saturated carbocycles. The molecular formula is C26H35N3O. The highest BCUT2D eigenvalue weighted by Gasteiger charge is 2.47. The van der Waals surface area contributed by atoms with Crippen LogP contribution in [0, 0.1) is 17.8 Å². The first-order chi connectivity index (χ1) is 14.6. The number of benzene rings is 1. The van der Waals surface area contributed by atoms with Crippen molar-refractivity contribution in [1.29, 1.82) is 0 Å². The van der Waals surface area contributed by atoms with E-state index >= 15 is 0 Å². The molecule has 0 radical (unpaired) electrons. The molecule has 1 aromatic heterocycles. The number of carbonyl (C=O) groups excluding carboxylic acids is 1. The fourth-order valence-electron chi connectivity index (χ4n) is 6.37. The van der Waals surface area contributed by atoms with Crippen LogP contribution in [0.25, 0.3) is 10.9 Å². The second-order valence-corrected chi connectivity index (χ2v) is 10.2. The summed E-state index contributed by atoms with van der Waals surface area (Å²) >= 11 is 0. The van der Waals surface area contributed by atoms with E-state index in [-0.39, 0.29) is 5.91 Å². The van der Waals surface area contributed by atoms with Crippen molar-refractivity contribution >= 4 is 16.8 Å². The minimum Gasteiger partial charge on any atom is -0.338 e. The smallest absolute Gasteiger partial charge is 0.253 e. The van der Waals surface area contributed by atoms with Crippen molar-refractivity contribution in [3.63, 3.8) is 0 Å². The van der Waals surface area contributed by atoms with E-state index in [4.69, 9.17) is 0 Å². The summed E-state index contributed by atoms with van der Waals surface area (Å²) in [5.41, 5.74) is 1.77. The molecule has 3 aliphatic heterocycles. The standard InChI is InChI=1S/C26H35N3O/c1-18(2)8-11-25-22-15-21(24-7-3-4-13-29(24)25)16-28(17-22)26(30)20-9-10-23-19(14-20)6-5-12-27-23/h5-6,9-10,12,14,18,21-22,24-25H,3-4,7-8,11,13,15-17H2,1-2H3/t21-,22+,24+,25+/m1/s1. The SMILES string of the molecule is CC(C)CC[C@H]1[C@H]2C[C@H](CN(C(=O)c3ccc4ncccc4c3)C2)[C@@H]2CCCCN21. The van der Waals surface area contributed by atoms with Gasteiger partial charge < -0.3 is 4.90 Å². The first-order valence-electron chi connectivity index (χ1n) is 12.0. The Morgan fingerprint density at radius 2 is 2.03 bits per heavy atom. The number of aromatic nitrogens is 1. The van der Waals surface area contributed by atoms with Gasteiger partial charge in [0.1, 0.15) is 0 Å². The number of likely N-dealkylation sites (tertiary alicyclic amines) is 1. The highest BCUT2D eigenvalue weighted by Crippen LogP contribution is 2.43. The van der Waals surface area contributed by atoms with Crippen LogP contribution in [-0.2, 0) is 0 Å². The fourth-order valence-corrected chi connectivity index (χ4v) is 6.37. The monoisotopic (exact) mass is 405 g/mol. The summed E-state index contributed by atoms with van der Waals surface area (Å²) in [5, 5.41) is 1.05. The van der Waals surface area contributed by atoms with Crippen LogP contribution in [-0.4, -0.2) is 52.4 Å². The summed E-state index contributed by atoms with van der Waals surface area (Å²) in [6.45, 7) is 7.80. The zero-order valence-corrected chi connectivity index (χ0v) is 18.5. The maximum absolute atomic E-state index is 13.5. The Bertz CT molecular complexity index is 910. The molecule has 0 N–H and O–H groups in total. The summed E-state index contributed by atoms with van der Waals surface area (Å²) in [6.07, 6.45) is 9.72. The van der Waals surface area contributed by atoms with Crippen LogP contribution in [0.2, 0.25) is 0 Å². The van der Waals surface area contributed by atoms with Gasteiger partial charge in [-0.1, -0.05) is 26.3 Å². The Morgan fingerprint density at radius 3 is 2.90 bits per heavy atom. The Hall–Kier alpha value is -1.94. The second kappa shape index (κ2) is 8.30. The molecule has 3 saturated heterocycles. The van der Waals surface area contributed by atoms with Gasteiger partial charge in [-0.3, -0.25) is 14.7 Å². The lowest BCUT2D eigenvalue weighted by atomic mass is 9.71. The number of amides is 1. The predicted molar refractivity (Wildman–Crippen MR) is 121 cm³/mol. The van der Waals surface area contributed by atoms with Crippen molar-refractivity contribution in [2.45, 2.75) is 64.5 Å². The number of pyridine rings is 1. The molecule has 2 aromatic rings. The van der Waals surface area contributed by atoms with Crippen LogP contribution in [0.4, 0.5) is 0 Å². The Kier molecular flexibility index (Phi) is 5.53. The first kappa shape index (κ1) is 20.0. The highest BCUT2D eigenvalue weighted by atomic mass is 16.2. The number of nitrogens with zero attached hydrogens (tertiary/aromatic N) is 3. The molecule has 5 rings (SSSR count). The summed E-state index contributed by atoms with van der Waals surface area (Å²) in [7, 11) is 0. The van der Waals surface area contributed by atoms with Gasteiger partial charge in [0.25, 0.3) is 5.91 Å². The largest absolute Gasteiger partial charge is 0.338 e. The molecule has 4 atom stereocenters. The average molecular weight is 406 g/mol. The molecule has 160 valence electrons. The van der Waals surface area contributed by atoms with Crippen LogP contribution in [0.3, 0.4) is 0 Å². The van der Waals surface area contributed by atoms with E-state index < -0.39 is 0 Å². The minimum atomic E-state index is 0.210. The Morgan fingerprint density at radius 1 is 1.17 bits per heavy atom. The number of piperidine rings is 3. The third-order valence-electron chi connectivity index (χ3n) is 7.80. The van der Waals surface area contributed by atoms with Crippen molar-refractivity contribution in [3.8, 4) is 0 Å². The molecule has 3 aliphatic rings. The molecule has 1 amide bonds. The molecule has 0 unspecified atom stereocenters. The summed E-state index contributed by atoms with van der Waals surface area (Å²) in [4.78, 5) is 23.0. The Balaban J connectivity index is 1.39. The zero-order valence-electron chi connectivity index (χ0n) is 18.5. The number of hydrogen-bond donors (Lipinski definition) is 0. The topological polar surface area (TPSA) is 36.4 Å². The lowest BCUT2D eigenvalue weighted by Gasteiger charge is -2.57. The van der Waals surface area contributed by atoms with Crippen LogP contribution in [0.15, 0.2) is 36.5 Å². The van der Waals surface area contributed by atoms with Crippen molar-refractivity contribution in [2.24, 2.45) is 17.8 Å². The van der Waals surface area contributed by atoms with Crippen LogP contribution < -0.4 is 0 Å². The maximum atomic E-state index is 13.5. The van der Waals surface area contributed by atoms with Crippen LogP contribution in [0.1, 0.15) is 62.7 Å². The van der Waals surface area contributed by atoms with Gasteiger partial charge in [0.15, 0.2) is 0 Å². The lowest BCUT2D eigenvalue weighted by Crippen LogP contribution is -2.64. The average Bonchev–Trinajstić information content (AvgIpc) is 2.78. The van der Waals surface area contributed by atoms with E-state index in [1.807, 2.05) is 36.5 Å². The maximum Gasteiger partial charge on any atom is 0.253 e. The van der Waals surface area contributed by atoms with E-state index in [0.717, 1.165) is 35.5 Å². The molecule has 30 heavy (non-hydrogen) atoms. The van der Waals surface area contributed by atoms with Gasteiger partial charge >= 0.3 is 0 Å². The van der Waals surface area contributed by atoms with Gasteiger partial charge in [-0.25, -0.2) is 0 Å². The fraction of sp³-hybridized carbons (Fsp3) is 0.615. The van der Waals surface area contributed by atoms with Gasteiger partial charge in [0.2, 0.25) is 0 Å². The summed E-state index contributed by atoms with van der Waals surface area (Å²) in [5.74, 6) is 2.23. The van der Waals surface area contributed by atoms with Crippen molar-refractivity contribution in [2.75, 3.05) is 19.6 Å². The first-order valence-corrected chi connectivity index (χ1v) is 12.0. The second-order valence-electron chi connectivity index (χ2n) is 10.2. The van der Waals surface area contributed by atoms with Crippen LogP contribution >= 0.6 is 0 Å². The van der Waals surface area contributed by atoms with Crippen molar-refractivity contribution < 1.29 is 4.79 Å². The number of hydrogen-bond acceptors (Lipinski definition) is 3. The van der Waals surface area contributed by atoms with Crippen LogP contribution in [0.5, 0.6) is 0 Å².